The zero-order valence-electron chi connectivity index (χ0n) is 14.9. The van der Waals surface area contributed by atoms with Crippen LogP contribution in [0.1, 0.15) is 11.1 Å². The molecule has 0 aliphatic carbocycles. The first-order chi connectivity index (χ1) is 13.9. The average molecular weight is 368 g/mol. The molecule has 6 heteroatoms. The summed E-state index contributed by atoms with van der Waals surface area (Å²) >= 11 is 0. The Morgan fingerprint density at radius 3 is 2.32 bits per heavy atom. The van der Waals surface area contributed by atoms with Crippen molar-refractivity contribution in [3.63, 3.8) is 0 Å². The van der Waals surface area contributed by atoms with E-state index < -0.39 is 0 Å². The minimum atomic E-state index is 0.642. The minimum Gasteiger partial charge on any atom is -0.489 e. The van der Waals surface area contributed by atoms with Crippen molar-refractivity contribution in [2.45, 2.75) is 0 Å². The van der Waals surface area contributed by atoms with Gasteiger partial charge < -0.3 is 9.47 Å². The van der Waals surface area contributed by atoms with Crippen molar-refractivity contribution < 1.29 is 9.47 Å². The minimum absolute atomic E-state index is 0.642. The van der Waals surface area contributed by atoms with Crippen LogP contribution in [0.2, 0.25) is 0 Å². The van der Waals surface area contributed by atoms with Crippen LogP contribution in [0.4, 0.5) is 0 Å². The molecule has 0 spiro atoms. The Morgan fingerprint density at radius 2 is 1.43 bits per heavy atom. The van der Waals surface area contributed by atoms with Gasteiger partial charge in [0.05, 0.1) is 11.0 Å². The highest BCUT2D eigenvalue weighted by molar-refractivity contribution is 5.91. The molecule has 0 fully saturated rings. The molecule has 0 atom stereocenters. The Balaban J connectivity index is 0.000000122. The maximum absolute atomic E-state index is 5.49. The fraction of sp³-hybridized carbons (Fsp3) is 0.0909. The normalized spacial score (nSPS) is 13.7. The quantitative estimate of drug-likeness (QED) is 0.466. The Labute approximate surface area is 161 Å². The molecule has 0 saturated carbocycles. The van der Waals surface area contributed by atoms with E-state index in [1.807, 2.05) is 54.9 Å². The summed E-state index contributed by atoms with van der Waals surface area (Å²) in [6.45, 7) is 1.29. The molecule has 2 aliphatic heterocycles. The van der Waals surface area contributed by atoms with E-state index in [4.69, 9.17) is 9.47 Å². The number of rotatable bonds is 0. The topological polar surface area (TPSA) is 70.0 Å². The maximum atomic E-state index is 5.49. The van der Waals surface area contributed by atoms with Gasteiger partial charge in [-0.05, 0) is 42.5 Å². The van der Waals surface area contributed by atoms with Crippen LogP contribution >= 0.6 is 0 Å². The van der Waals surface area contributed by atoms with Crippen molar-refractivity contribution in [2.75, 3.05) is 13.2 Å². The number of fused-ring (bicyclic) bond motifs is 6. The van der Waals surface area contributed by atoms with Gasteiger partial charge in [-0.15, -0.1) is 0 Å². The second-order valence-corrected chi connectivity index (χ2v) is 6.30. The average Bonchev–Trinajstić information content (AvgIpc) is 2.79. The van der Waals surface area contributed by atoms with Crippen LogP contribution < -0.4 is 9.47 Å². The summed E-state index contributed by atoms with van der Waals surface area (Å²) in [5.41, 5.74) is 4.04. The molecule has 0 bridgehead atoms. The summed E-state index contributed by atoms with van der Waals surface area (Å²) in [7, 11) is 0. The van der Waals surface area contributed by atoms with E-state index in [9.17, 15) is 0 Å². The summed E-state index contributed by atoms with van der Waals surface area (Å²) in [4.78, 5) is 16.4. The van der Waals surface area contributed by atoms with Crippen molar-refractivity contribution in [2.24, 2.45) is 0 Å². The molecule has 6 nitrogen and oxygen atoms in total. The maximum Gasteiger partial charge on any atom is 0.129 e. The molecule has 2 aromatic heterocycles. The van der Waals surface area contributed by atoms with Gasteiger partial charge in [-0.25, -0.2) is 19.9 Å². The molecule has 0 radical (unpaired) electrons. The van der Waals surface area contributed by atoms with E-state index in [2.05, 4.69) is 26.0 Å². The second-order valence-electron chi connectivity index (χ2n) is 6.30. The lowest BCUT2D eigenvalue weighted by atomic mass is 10.1. The highest BCUT2D eigenvalue weighted by Crippen LogP contribution is 2.30. The smallest absolute Gasteiger partial charge is 0.129 e. The molecular formula is C22H16N4O2. The molecule has 4 heterocycles. The highest BCUT2D eigenvalue weighted by Gasteiger charge is 2.10. The summed E-state index contributed by atoms with van der Waals surface area (Å²) in [6, 6.07) is 7.85. The van der Waals surface area contributed by atoms with Crippen LogP contribution in [0.5, 0.6) is 11.5 Å². The van der Waals surface area contributed by atoms with Gasteiger partial charge in [0.2, 0.25) is 0 Å². The van der Waals surface area contributed by atoms with E-state index in [1.165, 1.54) is 0 Å². The van der Waals surface area contributed by atoms with E-state index in [0.29, 0.717) is 13.2 Å². The van der Waals surface area contributed by atoms with Crippen LogP contribution in [-0.2, 0) is 0 Å². The lowest BCUT2D eigenvalue weighted by Gasteiger charge is -2.13. The van der Waals surface area contributed by atoms with Gasteiger partial charge in [0, 0.05) is 34.3 Å². The molecule has 4 aromatic rings. The molecule has 2 aliphatic rings. The van der Waals surface area contributed by atoms with Gasteiger partial charge in [-0.2, -0.15) is 0 Å². The molecule has 136 valence electrons. The molecule has 28 heavy (non-hydrogen) atoms. The highest BCUT2D eigenvalue weighted by atomic mass is 16.5. The van der Waals surface area contributed by atoms with Gasteiger partial charge >= 0.3 is 0 Å². The third kappa shape index (κ3) is 2.95. The van der Waals surface area contributed by atoms with Crippen LogP contribution in [0.25, 0.3) is 34.0 Å². The predicted molar refractivity (Wildman–Crippen MR) is 108 cm³/mol. The van der Waals surface area contributed by atoms with Crippen LogP contribution in [0, 0.1) is 0 Å². The second kappa shape index (κ2) is 7.08. The first-order valence-electron chi connectivity index (χ1n) is 8.94. The molecule has 2 aromatic carbocycles. The molecule has 0 N–H and O–H groups in total. The zero-order valence-corrected chi connectivity index (χ0v) is 14.9. The first kappa shape index (κ1) is 16.4. The molecule has 0 amide bonds. The van der Waals surface area contributed by atoms with Crippen LogP contribution in [0.3, 0.4) is 0 Å². The van der Waals surface area contributed by atoms with Gasteiger partial charge in [-0.1, -0.05) is 6.08 Å². The lowest BCUT2D eigenvalue weighted by Crippen LogP contribution is -2.01. The fourth-order valence-corrected chi connectivity index (χ4v) is 3.31. The third-order valence-corrected chi connectivity index (χ3v) is 4.61. The molecular weight excluding hydrogens is 352 g/mol. The SMILES string of the molecule is C1=Cc2c(ccc3cncnc23)OC1.C1=Cc2c(ccc3ncncc23)OC1. The standard InChI is InChI=1S/2C11H8N2O/c1-2-9-10(14-5-1)4-3-8-6-12-7-13-11(8)9;1-2-8-9-6-12-7-13-10(9)3-4-11(8)14-5-1/h2*1-4,6-7H,5H2. The van der Waals surface area contributed by atoms with Crippen molar-refractivity contribution in [3.05, 3.63) is 72.6 Å². The van der Waals surface area contributed by atoms with E-state index in [1.54, 1.807) is 12.7 Å². The Kier molecular flexibility index (Phi) is 4.14. The number of nitrogens with zero attached hydrogens (tertiary/aromatic N) is 4. The van der Waals surface area contributed by atoms with Gasteiger partial charge in [-0.3, -0.25) is 0 Å². The Morgan fingerprint density at radius 1 is 0.714 bits per heavy atom. The number of ether oxygens (including phenoxy) is 2. The van der Waals surface area contributed by atoms with Gasteiger partial charge in [0.25, 0.3) is 0 Å². The first-order valence-corrected chi connectivity index (χ1v) is 8.94. The van der Waals surface area contributed by atoms with Crippen LogP contribution in [0.15, 0.2) is 61.5 Å². The van der Waals surface area contributed by atoms with Gasteiger partial charge in [0.1, 0.15) is 37.4 Å². The largest absolute Gasteiger partial charge is 0.489 e. The molecule has 0 unspecified atom stereocenters. The summed E-state index contributed by atoms with van der Waals surface area (Å²) in [5, 5.41) is 2.09. The van der Waals surface area contributed by atoms with Crippen LogP contribution in [-0.4, -0.2) is 33.1 Å². The molecule has 6 rings (SSSR count). The van der Waals surface area contributed by atoms with Crippen molar-refractivity contribution in [3.8, 4) is 11.5 Å². The van der Waals surface area contributed by atoms with Gasteiger partial charge in [0.15, 0.2) is 0 Å². The van der Waals surface area contributed by atoms with Crippen molar-refractivity contribution in [1.82, 2.24) is 19.9 Å². The van der Waals surface area contributed by atoms with Crippen molar-refractivity contribution in [1.29, 1.82) is 0 Å². The fourth-order valence-electron chi connectivity index (χ4n) is 3.31. The zero-order chi connectivity index (χ0) is 18.8. The molecule has 0 saturated heterocycles. The Hall–Kier alpha value is -3.80. The van der Waals surface area contributed by atoms with E-state index >= 15 is 0 Å². The van der Waals surface area contributed by atoms with Crippen molar-refractivity contribution >= 4 is 34.0 Å². The number of hydrogen-bond donors (Lipinski definition) is 0. The third-order valence-electron chi connectivity index (χ3n) is 4.61. The summed E-state index contributed by atoms with van der Waals surface area (Å²) < 4.78 is 11.0. The monoisotopic (exact) mass is 368 g/mol. The predicted octanol–water partition coefficient (Wildman–Crippen LogP) is 4.07. The number of hydrogen-bond acceptors (Lipinski definition) is 6. The Bertz CT molecular complexity index is 1140. The lowest BCUT2D eigenvalue weighted by molar-refractivity contribution is 0.359. The van der Waals surface area contributed by atoms with E-state index in [0.717, 1.165) is 44.4 Å². The number of benzene rings is 2. The number of aromatic nitrogens is 4. The van der Waals surface area contributed by atoms with E-state index in [-0.39, 0.29) is 0 Å². The summed E-state index contributed by atoms with van der Waals surface area (Å²) in [6.07, 6.45) is 14.8. The summed E-state index contributed by atoms with van der Waals surface area (Å²) in [5.74, 6) is 1.81.